The second-order valence-corrected chi connectivity index (χ2v) is 4.84. The zero-order chi connectivity index (χ0) is 15.4. The van der Waals surface area contributed by atoms with Crippen molar-refractivity contribution in [2.24, 2.45) is 0 Å². The van der Waals surface area contributed by atoms with Crippen LogP contribution in [0.2, 0.25) is 0 Å². The van der Waals surface area contributed by atoms with Gasteiger partial charge in [0.15, 0.2) is 0 Å². The molecule has 1 aromatic carbocycles. The van der Waals surface area contributed by atoms with E-state index in [4.69, 9.17) is 14.6 Å². The molecule has 1 aromatic rings. The van der Waals surface area contributed by atoms with E-state index < -0.39 is 37.3 Å². The maximum Gasteiger partial charge on any atom is 0.229 e. The van der Waals surface area contributed by atoms with Crippen LogP contribution in [-0.4, -0.2) is 63.2 Å². The van der Waals surface area contributed by atoms with E-state index in [1.165, 1.54) is 5.49 Å². The summed E-state index contributed by atoms with van der Waals surface area (Å²) in [6, 6.07) is 6.68. The molecule has 1 aliphatic heterocycles. The average molecular weight is 315 g/mol. The molecule has 5 atom stereocenters. The van der Waals surface area contributed by atoms with Crippen LogP contribution in [0.5, 0.6) is 5.75 Å². The van der Waals surface area contributed by atoms with Crippen molar-refractivity contribution >= 4 is 23.4 Å². The molecule has 1 saturated heterocycles. The van der Waals surface area contributed by atoms with Crippen LogP contribution in [-0.2, 0) is 4.74 Å². The lowest BCUT2D eigenvalue weighted by Gasteiger charge is -2.39. The van der Waals surface area contributed by atoms with Crippen molar-refractivity contribution in [1.82, 2.24) is 0 Å². The lowest BCUT2D eigenvalue weighted by atomic mass is 9.99. The predicted octanol–water partition coefficient (Wildman–Crippen LogP) is -0.766. The van der Waals surface area contributed by atoms with Gasteiger partial charge in [0.2, 0.25) is 6.29 Å². The molecule has 1 fully saturated rings. The third-order valence-electron chi connectivity index (χ3n) is 3.18. The minimum Gasteiger partial charge on any atom is -0.462 e. The first-order valence-electron chi connectivity index (χ1n) is 6.34. The minimum atomic E-state index is -1.46. The number of hydrogen-bond acceptors (Lipinski definition) is 7. The van der Waals surface area contributed by atoms with Crippen LogP contribution in [0.25, 0.3) is 0 Å². The Balaban J connectivity index is 2.05. The molecule has 0 saturated carbocycles. The van der Waals surface area contributed by atoms with Gasteiger partial charge in [0, 0.05) is 5.69 Å². The number of ether oxygens (including phenoxy) is 2. The van der Waals surface area contributed by atoms with Crippen molar-refractivity contribution in [2.45, 2.75) is 30.7 Å². The van der Waals surface area contributed by atoms with E-state index in [-0.39, 0.29) is 0 Å². The van der Waals surface area contributed by atoms with Crippen LogP contribution in [0.4, 0.5) is 5.69 Å². The van der Waals surface area contributed by atoms with Crippen molar-refractivity contribution in [3.63, 3.8) is 0 Å². The second kappa shape index (κ2) is 7.12. The predicted molar refractivity (Wildman–Crippen MR) is 78.1 cm³/mol. The normalized spacial score (nSPS) is 32.5. The van der Waals surface area contributed by atoms with Crippen molar-refractivity contribution in [2.75, 3.05) is 11.9 Å². The Kier molecular flexibility index (Phi) is 5.45. The van der Waals surface area contributed by atoms with E-state index in [9.17, 15) is 15.3 Å². The molecule has 1 aliphatic rings. The number of nitrogens with one attached hydrogen (secondary N) is 1. The zero-order valence-electron chi connectivity index (χ0n) is 11.0. The fraction of sp³-hybridized carbons (Fsp3) is 0.462. The quantitative estimate of drug-likeness (QED) is 0.451. The van der Waals surface area contributed by atoms with Crippen LogP contribution in [0, 0.1) is 0 Å². The van der Waals surface area contributed by atoms with Gasteiger partial charge in [0.05, 0.1) is 12.1 Å². The molecule has 5 N–H and O–H groups in total. The molecule has 0 amide bonds. The summed E-state index contributed by atoms with van der Waals surface area (Å²) in [5, 5.41) is 41.1. The summed E-state index contributed by atoms with van der Waals surface area (Å²) in [7, 11) is 0. The highest BCUT2D eigenvalue weighted by Gasteiger charge is 2.44. The summed E-state index contributed by atoms with van der Waals surface area (Å²) >= 11 is 4.67. The first kappa shape index (κ1) is 16.1. The smallest absolute Gasteiger partial charge is 0.229 e. The van der Waals surface area contributed by atoms with Crippen molar-refractivity contribution in [1.29, 1.82) is 0 Å². The van der Waals surface area contributed by atoms with E-state index in [0.717, 1.165) is 5.69 Å². The van der Waals surface area contributed by atoms with E-state index in [1.54, 1.807) is 24.3 Å². The first-order chi connectivity index (χ1) is 10.1. The fourth-order valence-electron chi connectivity index (χ4n) is 2.00. The van der Waals surface area contributed by atoms with Gasteiger partial charge in [0.1, 0.15) is 30.2 Å². The number of aliphatic hydroxyl groups excluding tert-OH is 4. The van der Waals surface area contributed by atoms with Gasteiger partial charge in [-0.2, -0.15) is 0 Å². The molecule has 21 heavy (non-hydrogen) atoms. The molecule has 0 aliphatic carbocycles. The molecule has 116 valence electrons. The molecule has 1 heterocycles. The Morgan fingerprint density at radius 3 is 2.38 bits per heavy atom. The summed E-state index contributed by atoms with van der Waals surface area (Å²) in [6.45, 7) is -0.498. The zero-order valence-corrected chi connectivity index (χ0v) is 11.8. The molecule has 0 bridgehead atoms. The van der Waals surface area contributed by atoms with Crippen LogP contribution in [0.1, 0.15) is 0 Å². The summed E-state index contributed by atoms with van der Waals surface area (Å²) in [5.74, 6) is 0.397. The molecule has 8 heteroatoms. The molecular weight excluding hydrogens is 298 g/mol. The lowest BCUT2D eigenvalue weighted by molar-refractivity contribution is -0.277. The standard InChI is InChI=1S/C13H17NO6S/c15-5-9-10(16)11(17)12(18)13(20-9)19-8-3-1-7(2-4-8)14-6-21/h1-4,6,9-13,15-18H,5H2,(H,14,21)/t9-,10-,11+,12-,13?/m1/s1. The SMILES string of the molecule is OC[C@H]1OC(Oc2ccc(NC=S)cc2)[C@H](O)[C@@H](O)[C@@H]1O. The van der Waals surface area contributed by atoms with Crippen LogP contribution < -0.4 is 10.1 Å². The summed E-state index contributed by atoms with van der Waals surface area (Å²) in [6.07, 6.45) is -6.48. The maximum absolute atomic E-state index is 9.85. The molecule has 7 nitrogen and oxygen atoms in total. The van der Waals surface area contributed by atoms with Gasteiger partial charge < -0.3 is 35.2 Å². The largest absolute Gasteiger partial charge is 0.462 e. The number of aliphatic hydroxyl groups is 4. The van der Waals surface area contributed by atoms with E-state index in [0.29, 0.717) is 5.75 Å². The van der Waals surface area contributed by atoms with Gasteiger partial charge in [-0.1, -0.05) is 12.2 Å². The second-order valence-electron chi connectivity index (χ2n) is 4.60. The third-order valence-corrected chi connectivity index (χ3v) is 3.30. The van der Waals surface area contributed by atoms with Gasteiger partial charge in [-0.25, -0.2) is 0 Å². The van der Waals surface area contributed by atoms with Crippen molar-refractivity contribution < 1.29 is 29.9 Å². The molecule has 1 unspecified atom stereocenters. The Hall–Kier alpha value is -1.29. The number of thiocarbonyl (C=S) groups is 1. The maximum atomic E-state index is 9.85. The van der Waals surface area contributed by atoms with Crippen LogP contribution in [0.15, 0.2) is 24.3 Å². The van der Waals surface area contributed by atoms with Gasteiger partial charge in [-0.15, -0.1) is 0 Å². The summed E-state index contributed by atoms with van der Waals surface area (Å²) in [5.41, 5.74) is 2.14. The molecule has 0 spiro atoms. The average Bonchev–Trinajstić information content (AvgIpc) is 2.50. The highest BCUT2D eigenvalue weighted by atomic mass is 32.1. The number of hydrogen-bond donors (Lipinski definition) is 5. The monoisotopic (exact) mass is 315 g/mol. The topological polar surface area (TPSA) is 111 Å². The van der Waals surface area contributed by atoms with Crippen LogP contribution >= 0.6 is 12.2 Å². The Morgan fingerprint density at radius 2 is 1.81 bits per heavy atom. The van der Waals surface area contributed by atoms with Crippen molar-refractivity contribution in [3.8, 4) is 5.75 Å². The van der Waals surface area contributed by atoms with Gasteiger partial charge in [-0.05, 0) is 24.3 Å². The fourth-order valence-corrected chi connectivity index (χ4v) is 2.13. The molecular formula is C13H17NO6S. The Bertz CT molecular complexity index is 468. The van der Waals surface area contributed by atoms with E-state index >= 15 is 0 Å². The molecule has 0 aromatic heterocycles. The Labute approximate surface area is 126 Å². The van der Waals surface area contributed by atoms with Gasteiger partial charge >= 0.3 is 0 Å². The highest BCUT2D eigenvalue weighted by molar-refractivity contribution is 7.79. The van der Waals surface area contributed by atoms with Gasteiger partial charge in [0.25, 0.3) is 0 Å². The van der Waals surface area contributed by atoms with Crippen LogP contribution in [0.3, 0.4) is 0 Å². The molecule has 0 radical (unpaired) electrons. The minimum absolute atomic E-state index is 0.397. The van der Waals surface area contributed by atoms with E-state index in [2.05, 4.69) is 17.5 Å². The number of benzene rings is 1. The highest BCUT2D eigenvalue weighted by Crippen LogP contribution is 2.25. The third kappa shape index (κ3) is 3.67. The summed E-state index contributed by atoms with van der Waals surface area (Å²) < 4.78 is 10.7. The number of rotatable bonds is 5. The molecule has 2 rings (SSSR count). The summed E-state index contributed by atoms with van der Waals surface area (Å²) in [4.78, 5) is 0. The number of anilines is 1. The van der Waals surface area contributed by atoms with Gasteiger partial charge in [-0.3, -0.25) is 0 Å². The Morgan fingerprint density at radius 1 is 1.14 bits per heavy atom. The first-order valence-corrected chi connectivity index (χ1v) is 6.81. The van der Waals surface area contributed by atoms with Crippen molar-refractivity contribution in [3.05, 3.63) is 24.3 Å². The lowest BCUT2D eigenvalue weighted by Crippen LogP contribution is -2.60. The van der Waals surface area contributed by atoms with E-state index in [1.807, 2.05) is 0 Å².